The Kier molecular flexibility index (Phi) is 5.07. The van der Waals surface area contributed by atoms with E-state index in [2.05, 4.69) is 30.8 Å². The summed E-state index contributed by atoms with van der Waals surface area (Å²) in [7, 11) is 1.94. The van der Waals surface area contributed by atoms with Crippen LogP contribution in [0.2, 0.25) is 0 Å². The van der Waals surface area contributed by atoms with Gasteiger partial charge in [0.05, 0.1) is 11.3 Å². The Morgan fingerprint density at radius 3 is 2.81 bits per heavy atom. The van der Waals surface area contributed by atoms with Crippen LogP contribution in [0.25, 0.3) is 0 Å². The molecular formula is C13H21N3. The minimum absolute atomic E-state index is 0.426. The Morgan fingerprint density at radius 1 is 1.44 bits per heavy atom. The van der Waals surface area contributed by atoms with E-state index in [0.29, 0.717) is 5.92 Å². The van der Waals surface area contributed by atoms with E-state index in [-0.39, 0.29) is 0 Å². The van der Waals surface area contributed by atoms with Gasteiger partial charge in [-0.25, -0.2) is 0 Å². The first kappa shape index (κ1) is 12.8. The molecule has 0 fully saturated rings. The summed E-state index contributed by atoms with van der Waals surface area (Å²) < 4.78 is 1.83. The standard InChI is InChI=1S/C13H21N3/c1-11(2)13-12(10-16(3)15-13)8-6-4-5-7-9-14/h10-11H,4-5,7,9,14H2,1-3H3. The van der Waals surface area contributed by atoms with Crippen molar-refractivity contribution in [1.29, 1.82) is 0 Å². The number of hydrogen-bond acceptors (Lipinski definition) is 2. The topological polar surface area (TPSA) is 43.8 Å². The first-order chi connectivity index (χ1) is 7.65. The summed E-state index contributed by atoms with van der Waals surface area (Å²) in [5, 5.41) is 4.42. The second-order valence-corrected chi connectivity index (χ2v) is 4.30. The van der Waals surface area contributed by atoms with Crippen molar-refractivity contribution < 1.29 is 0 Å². The molecule has 1 aromatic rings. The molecule has 16 heavy (non-hydrogen) atoms. The third-order valence-electron chi connectivity index (χ3n) is 2.38. The quantitative estimate of drug-likeness (QED) is 0.622. The monoisotopic (exact) mass is 219 g/mol. The smallest absolute Gasteiger partial charge is 0.0806 e. The zero-order chi connectivity index (χ0) is 12.0. The van der Waals surface area contributed by atoms with Crippen molar-refractivity contribution in [2.45, 2.75) is 39.0 Å². The summed E-state index contributed by atoms with van der Waals surface area (Å²) >= 11 is 0. The second-order valence-electron chi connectivity index (χ2n) is 4.30. The molecule has 0 aliphatic rings. The van der Waals surface area contributed by atoms with E-state index in [4.69, 9.17) is 5.73 Å². The van der Waals surface area contributed by atoms with Crippen LogP contribution in [-0.2, 0) is 7.05 Å². The lowest BCUT2D eigenvalue weighted by atomic mass is 10.1. The predicted molar refractivity (Wildman–Crippen MR) is 67.1 cm³/mol. The summed E-state index contributed by atoms with van der Waals surface area (Å²) in [4.78, 5) is 0. The highest BCUT2D eigenvalue weighted by Crippen LogP contribution is 2.15. The molecule has 0 unspecified atom stereocenters. The number of aromatic nitrogens is 2. The maximum absolute atomic E-state index is 5.43. The van der Waals surface area contributed by atoms with Crippen LogP contribution in [0.5, 0.6) is 0 Å². The number of hydrogen-bond donors (Lipinski definition) is 1. The summed E-state index contributed by atoms with van der Waals surface area (Å²) in [5.74, 6) is 6.81. The van der Waals surface area contributed by atoms with Gasteiger partial charge in [0.2, 0.25) is 0 Å². The van der Waals surface area contributed by atoms with Gasteiger partial charge in [0.1, 0.15) is 0 Å². The van der Waals surface area contributed by atoms with Crippen LogP contribution in [-0.4, -0.2) is 16.3 Å². The lowest BCUT2D eigenvalue weighted by molar-refractivity contribution is 0.712. The Balaban J connectivity index is 2.65. The van der Waals surface area contributed by atoms with Crippen molar-refractivity contribution in [3.63, 3.8) is 0 Å². The predicted octanol–water partition coefficient (Wildman–Crippen LogP) is 2.02. The van der Waals surface area contributed by atoms with E-state index in [1.807, 2.05) is 17.9 Å². The van der Waals surface area contributed by atoms with Crippen molar-refractivity contribution in [2.24, 2.45) is 12.8 Å². The average Bonchev–Trinajstić information content (AvgIpc) is 2.59. The van der Waals surface area contributed by atoms with Crippen molar-refractivity contribution >= 4 is 0 Å². The van der Waals surface area contributed by atoms with Gasteiger partial charge in [-0.05, 0) is 25.3 Å². The maximum Gasteiger partial charge on any atom is 0.0806 e. The zero-order valence-electron chi connectivity index (χ0n) is 10.5. The number of nitrogens with zero attached hydrogens (tertiary/aromatic N) is 2. The third-order valence-corrected chi connectivity index (χ3v) is 2.38. The lowest BCUT2D eigenvalue weighted by Gasteiger charge is -1.99. The van der Waals surface area contributed by atoms with Crippen LogP contribution in [0.1, 0.15) is 50.3 Å². The van der Waals surface area contributed by atoms with Gasteiger partial charge in [0.15, 0.2) is 0 Å². The fourth-order valence-corrected chi connectivity index (χ4v) is 1.54. The van der Waals surface area contributed by atoms with Crippen molar-refractivity contribution in [2.75, 3.05) is 6.54 Å². The highest BCUT2D eigenvalue weighted by atomic mass is 15.3. The average molecular weight is 219 g/mol. The summed E-state index contributed by atoms with van der Waals surface area (Å²) in [6.07, 6.45) is 5.05. The molecule has 1 heterocycles. The molecule has 0 saturated heterocycles. The number of unbranched alkanes of at least 4 members (excludes halogenated alkanes) is 2. The van der Waals surface area contributed by atoms with Gasteiger partial charge in [-0.3, -0.25) is 4.68 Å². The fraction of sp³-hybridized carbons (Fsp3) is 0.615. The Labute approximate surface area is 98.0 Å². The zero-order valence-corrected chi connectivity index (χ0v) is 10.5. The highest BCUT2D eigenvalue weighted by Gasteiger charge is 2.08. The molecule has 3 heteroatoms. The summed E-state index contributed by atoms with van der Waals surface area (Å²) in [5.41, 5.74) is 7.58. The van der Waals surface area contributed by atoms with E-state index in [1.54, 1.807) is 0 Å². The number of rotatable bonds is 4. The molecule has 2 N–H and O–H groups in total. The molecule has 0 spiro atoms. The Hall–Kier alpha value is -1.27. The Bertz CT molecular complexity index is 380. The van der Waals surface area contributed by atoms with Crippen molar-refractivity contribution in [3.05, 3.63) is 17.5 Å². The lowest BCUT2D eigenvalue weighted by Crippen LogP contribution is -1.97. The molecule has 0 aliphatic carbocycles. The van der Waals surface area contributed by atoms with Gasteiger partial charge in [-0.15, -0.1) is 0 Å². The third kappa shape index (κ3) is 3.71. The molecule has 1 aromatic heterocycles. The molecule has 0 atom stereocenters. The van der Waals surface area contributed by atoms with Crippen LogP contribution in [0.4, 0.5) is 0 Å². The molecule has 0 radical (unpaired) electrons. The molecule has 0 bridgehead atoms. The summed E-state index contributed by atoms with van der Waals surface area (Å²) in [6.45, 7) is 5.04. The Morgan fingerprint density at radius 2 is 2.19 bits per heavy atom. The van der Waals surface area contributed by atoms with Gasteiger partial charge in [-0.1, -0.05) is 25.7 Å². The molecule has 0 aromatic carbocycles. The van der Waals surface area contributed by atoms with E-state index in [9.17, 15) is 0 Å². The van der Waals surface area contributed by atoms with Crippen LogP contribution < -0.4 is 5.73 Å². The highest BCUT2D eigenvalue weighted by molar-refractivity contribution is 5.37. The maximum atomic E-state index is 5.43. The van der Waals surface area contributed by atoms with E-state index in [1.165, 1.54) is 0 Å². The van der Waals surface area contributed by atoms with E-state index < -0.39 is 0 Å². The van der Waals surface area contributed by atoms with E-state index in [0.717, 1.165) is 37.1 Å². The van der Waals surface area contributed by atoms with Gasteiger partial charge in [0, 0.05) is 19.7 Å². The SMILES string of the molecule is CC(C)c1nn(C)cc1C#CCCCCN. The van der Waals surface area contributed by atoms with Gasteiger partial charge in [0.25, 0.3) is 0 Å². The first-order valence-corrected chi connectivity index (χ1v) is 5.87. The molecule has 0 amide bonds. The largest absolute Gasteiger partial charge is 0.330 e. The number of aryl methyl sites for hydroxylation is 1. The van der Waals surface area contributed by atoms with Gasteiger partial charge >= 0.3 is 0 Å². The second kappa shape index (κ2) is 6.34. The minimum Gasteiger partial charge on any atom is -0.330 e. The molecule has 88 valence electrons. The van der Waals surface area contributed by atoms with Gasteiger partial charge < -0.3 is 5.73 Å². The van der Waals surface area contributed by atoms with Gasteiger partial charge in [-0.2, -0.15) is 5.10 Å². The summed E-state index contributed by atoms with van der Waals surface area (Å²) in [6, 6.07) is 0. The number of nitrogens with two attached hydrogens (primary N) is 1. The van der Waals surface area contributed by atoms with Crippen molar-refractivity contribution in [1.82, 2.24) is 9.78 Å². The molecule has 0 aliphatic heterocycles. The molecule has 1 rings (SSSR count). The normalized spacial score (nSPS) is 10.3. The van der Waals surface area contributed by atoms with Crippen LogP contribution >= 0.6 is 0 Å². The molecule has 0 saturated carbocycles. The molecule has 3 nitrogen and oxygen atoms in total. The first-order valence-electron chi connectivity index (χ1n) is 5.87. The van der Waals surface area contributed by atoms with Crippen LogP contribution in [0.15, 0.2) is 6.20 Å². The van der Waals surface area contributed by atoms with E-state index >= 15 is 0 Å². The van der Waals surface area contributed by atoms with Crippen LogP contribution in [0, 0.1) is 11.8 Å². The minimum atomic E-state index is 0.426. The molecular weight excluding hydrogens is 198 g/mol. The fourth-order valence-electron chi connectivity index (χ4n) is 1.54. The van der Waals surface area contributed by atoms with Crippen molar-refractivity contribution in [3.8, 4) is 11.8 Å². The van der Waals surface area contributed by atoms with Crippen LogP contribution in [0.3, 0.4) is 0 Å².